The average Bonchev–Trinajstić information content (AvgIpc) is 3.49. The number of hydrogen-bond donors (Lipinski definition) is 0. The van der Waals surface area contributed by atoms with Gasteiger partial charge in [0, 0.05) is 0 Å². The van der Waals surface area contributed by atoms with E-state index in [2.05, 4.69) is 130 Å². The van der Waals surface area contributed by atoms with Crippen LogP contribution in [0.3, 0.4) is 0 Å². The van der Waals surface area contributed by atoms with Gasteiger partial charge in [-0.2, -0.15) is 0 Å². The zero-order chi connectivity index (χ0) is 27.2. The van der Waals surface area contributed by atoms with E-state index in [4.69, 9.17) is 18.6 Å². The Kier molecular flexibility index (Phi) is 7.05. The van der Waals surface area contributed by atoms with Gasteiger partial charge in [0.05, 0.1) is 0 Å². The summed E-state index contributed by atoms with van der Waals surface area (Å²) in [6, 6.07) is 34.8. The Labute approximate surface area is 242 Å². The Morgan fingerprint density at radius 1 is 0.590 bits per heavy atom. The van der Waals surface area contributed by atoms with E-state index in [1.165, 1.54) is 55.7 Å². The van der Waals surface area contributed by atoms with Crippen LogP contribution in [0.25, 0.3) is 34.4 Å². The van der Waals surface area contributed by atoms with Crippen LogP contribution in [0.4, 0.5) is 0 Å². The van der Waals surface area contributed by atoms with E-state index >= 15 is 0 Å². The van der Waals surface area contributed by atoms with Gasteiger partial charge < -0.3 is 0 Å². The molecule has 39 heavy (non-hydrogen) atoms. The fourth-order valence-corrected chi connectivity index (χ4v) is 22.2. The van der Waals surface area contributed by atoms with Gasteiger partial charge in [0.2, 0.25) is 0 Å². The molecule has 197 valence electrons. The second-order valence-corrected chi connectivity index (χ2v) is 26.4. The minimum absolute atomic E-state index is 0.0650. The third kappa shape index (κ3) is 4.41. The van der Waals surface area contributed by atoms with Crippen LogP contribution in [-0.2, 0) is 13.2 Å². The zero-order valence-electron chi connectivity index (χ0n) is 22.9. The van der Waals surface area contributed by atoms with Gasteiger partial charge in [0.25, 0.3) is 0 Å². The van der Waals surface area contributed by atoms with Gasteiger partial charge in [-0.25, -0.2) is 0 Å². The molecule has 0 N–H and O–H groups in total. The number of benzene rings is 4. The van der Waals surface area contributed by atoms with Crippen molar-refractivity contribution in [3.63, 3.8) is 0 Å². The van der Waals surface area contributed by atoms with Gasteiger partial charge in [-0.1, -0.05) is 0 Å². The molecule has 2 unspecified atom stereocenters. The number of rotatable bonds is 7. The number of halogens is 2. The molecule has 0 aliphatic heterocycles. The molecule has 2 aliphatic carbocycles. The standard InChI is InChI=1S/2C16H13.C4H9.2ClH.Ti/c2*1-12-10-14-8-5-9-15(16(14)11-12)13-6-3-2-4-7-13;1-3-4-2;;;/h2*2-11H,1H3;1,3-4H2,2H3;2*1H;/q;;;;;+2/p-2. The second-order valence-electron chi connectivity index (χ2n) is 11.4. The molecule has 3 heteroatoms. The molecule has 0 radical (unpaired) electrons. The third-order valence-corrected chi connectivity index (χ3v) is 22.2. The Morgan fingerprint density at radius 2 is 1.03 bits per heavy atom. The maximum absolute atomic E-state index is 8.30. The van der Waals surface area contributed by atoms with Crippen molar-refractivity contribution in [1.29, 1.82) is 0 Å². The molecule has 0 saturated carbocycles. The maximum atomic E-state index is 8.30. The van der Waals surface area contributed by atoms with Crippen LogP contribution in [0.5, 0.6) is 0 Å². The summed E-state index contributed by atoms with van der Waals surface area (Å²) in [6.45, 7) is 6.76. The van der Waals surface area contributed by atoms with Crippen molar-refractivity contribution >= 4 is 30.8 Å². The van der Waals surface area contributed by atoms with Crippen molar-refractivity contribution in [3.05, 3.63) is 130 Å². The molecule has 0 saturated heterocycles. The number of allylic oxidation sites excluding steroid dienone is 2. The van der Waals surface area contributed by atoms with Gasteiger partial charge in [-0.05, 0) is 0 Å². The van der Waals surface area contributed by atoms with Crippen LogP contribution in [-0.4, -0.2) is 0 Å². The third-order valence-electron chi connectivity index (χ3n) is 8.91. The van der Waals surface area contributed by atoms with Crippen molar-refractivity contribution < 1.29 is 13.2 Å². The van der Waals surface area contributed by atoms with E-state index in [1.807, 2.05) is 0 Å². The Balaban J connectivity index is 1.54. The molecule has 0 nitrogen and oxygen atoms in total. The molecule has 0 fully saturated rings. The Morgan fingerprint density at radius 3 is 1.44 bits per heavy atom. The molecule has 6 rings (SSSR count). The van der Waals surface area contributed by atoms with E-state index in [1.54, 1.807) is 0 Å². The summed E-state index contributed by atoms with van der Waals surface area (Å²) in [5.41, 5.74) is 12.8. The fourth-order valence-electron chi connectivity index (χ4n) is 7.38. The molecule has 0 aromatic heterocycles. The van der Waals surface area contributed by atoms with Crippen molar-refractivity contribution in [1.82, 2.24) is 0 Å². The Bertz CT molecular complexity index is 1480. The van der Waals surface area contributed by atoms with Crippen LogP contribution >= 0.6 is 18.6 Å². The predicted molar refractivity (Wildman–Crippen MR) is 168 cm³/mol. The van der Waals surface area contributed by atoms with Crippen LogP contribution in [0.1, 0.15) is 64.3 Å². The summed E-state index contributed by atoms with van der Waals surface area (Å²) in [6.07, 6.45) is 6.87. The van der Waals surface area contributed by atoms with Gasteiger partial charge in [0.1, 0.15) is 0 Å². The molecular formula is C36H35Cl2Ti. The van der Waals surface area contributed by atoms with E-state index in [-0.39, 0.29) is 8.45 Å². The quantitative estimate of drug-likeness (QED) is 0.189. The Hall–Kier alpha value is -2.35. The molecule has 0 heterocycles. The van der Waals surface area contributed by atoms with Crippen molar-refractivity contribution in [2.24, 2.45) is 0 Å². The van der Waals surface area contributed by atoms with Crippen LogP contribution in [0.2, 0.25) is 4.73 Å². The van der Waals surface area contributed by atoms with Gasteiger partial charge in [-0.3, -0.25) is 0 Å². The van der Waals surface area contributed by atoms with Crippen LogP contribution in [0.15, 0.2) is 108 Å². The minimum atomic E-state index is -4.43. The number of unbranched alkanes of at least 4 members (excludes halogenated alkanes) is 1. The van der Waals surface area contributed by atoms with E-state index in [0.717, 1.165) is 17.6 Å². The summed E-state index contributed by atoms with van der Waals surface area (Å²) < 4.78 is 1.03. The number of fused-ring (bicyclic) bond motifs is 2. The summed E-state index contributed by atoms with van der Waals surface area (Å²) in [4.78, 5) is 0. The fraction of sp³-hybridized carbons (Fsp3) is 0.222. The van der Waals surface area contributed by atoms with Crippen molar-refractivity contribution in [2.45, 2.75) is 46.8 Å². The molecular weight excluding hydrogens is 551 g/mol. The molecule has 0 spiro atoms. The van der Waals surface area contributed by atoms with E-state index in [9.17, 15) is 0 Å². The van der Waals surface area contributed by atoms with Gasteiger partial charge >= 0.3 is 243 Å². The van der Waals surface area contributed by atoms with E-state index < -0.39 is 13.2 Å². The second kappa shape index (κ2) is 10.2. The van der Waals surface area contributed by atoms with Gasteiger partial charge in [-0.15, -0.1) is 0 Å². The average molecular weight is 586 g/mol. The number of hydrogen-bond acceptors (Lipinski definition) is 0. The SMILES string of the molecule is CCC[CH2][Ti]([Cl])([Cl])([CH]1C(C)=Cc2c(-c3ccccc3)cccc21)[CH]1C(C)=Cc2c(-c3ccccc3)cccc21. The zero-order valence-corrected chi connectivity index (χ0v) is 26.0. The summed E-state index contributed by atoms with van der Waals surface area (Å²) in [5, 5.41) is 0. The first-order valence-electron chi connectivity index (χ1n) is 14.1. The van der Waals surface area contributed by atoms with Gasteiger partial charge in [0.15, 0.2) is 0 Å². The molecule has 2 atom stereocenters. The van der Waals surface area contributed by atoms with Crippen molar-refractivity contribution in [2.75, 3.05) is 0 Å². The first kappa shape index (κ1) is 26.9. The van der Waals surface area contributed by atoms with Crippen molar-refractivity contribution in [3.8, 4) is 22.3 Å². The monoisotopic (exact) mass is 585 g/mol. The molecule has 4 aromatic rings. The van der Waals surface area contributed by atoms with Crippen LogP contribution < -0.4 is 0 Å². The molecule has 0 amide bonds. The van der Waals surface area contributed by atoms with E-state index in [0.29, 0.717) is 0 Å². The summed E-state index contributed by atoms with van der Waals surface area (Å²) in [7, 11) is 16.6. The first-order valence-corrected chi connectivity index (χ1v) is 21.3. The summed E-state index contributed by atoms with van der Waals surface area (Å²) >= 11 is -4.43. The topological polar surface area (TPSA) is 0 Å². The normalized spacial score (nSPS) is 19.1. The molecule has 2 aliphatic rings. The molecule has 4 aromatic carbocycles. The summed E-state index contributed by atoms with van der Waals surface area (Å²) in [5.74, 6) is 0. The first-order chi connectivity index (χ1) is 18.8. The predicted octanol–water partition coefficient (Wildman–Crippen LogP) is 11.9. The van der Waals surface area contributed by atoms with Crippen LogP contribution in [0, 0.1) is 0 Å². The molecule has 0 bridgehead atoms.